The van der Waals surface area contributed by atoms with Crippen molar-refractivity contribution in [3.63, 3.8) is 0 Å². The number of aromatic nitrogens is 1. The highest BCUT2D eigenvalue weighted by Crippen LogP contribution is 2.45. The predicted octanol–water partition coefficient (Wildman–Crippen LogP) is 6.74. The zero-order chi connectivity index (χ0) is 19.8. The second kappa shape index (κ2) is 7.14. The third-order valence-corrected chi connectivity index (χ3v) is 5.69. The standard InChI is InChI=1S/C27H24N2/c1-19-17-25(20(2)28-19)27-24-16-10-9-13-22(24)18-26(21-11-5-3-6-12-21)29(27)23-14-7-4-8-15-23/h3-18,27-28H,1-2H3. The number of benzene rings is 3. The first-order valence-electron chi connectivity index (χ1n) is 10.1. The van der Waals surface area contributed by atoms with Gasteiger partial charge in [-0.1, -0.05) is 72.8 Å². The Balaban J connectivity index is 1.81. The van der Waals surface area contributed by atoms with E-state index in [0.29, 0.717) is 0 Å². The third kappa shape index (κ3) is 3.07. The van der Waals surface area contributed by atoms with Gasteiger partial charge in [0.1, 0.15) is 0 Å². The lowest BCUT2D eigenvalue weighted by atomic mass is 9.87. The van der Waals surface area contributed by atoms with Crippen LogP contribution in [-0.4, -0.2) is 4.98 Å². The number of fused-ring (bicyclic) bond motifs is 1. The first-order chi connectivity index (χ1) is 14.2. The number of H-pyrrole nitrogens is 1. The Kier molecular flexibility index (Phi) is 4.33. The molecule has 1 atom stereocenters. The molecule has 4 aromatic rings. The van der Waals surface area contributed by atoms with E-state index < -0.39 is 0 Å². The van der Waals surface area contributed by atoms with Crippen LogP contribution in [0.1, 0.15) is 39.7 Å². The van der Waals surface area contributed by atoms with Crippen LogP contribution < -0.4 is 4.90 Å². The Labute approximate surface area is 172 Å². The number of hydrogen-bond donors (Lipinski definition) is 1. The maximum Gasteiger partial charge on any atom is 0.0868 e. The Hall–Kier alpha value is -3.52. The molecule has 1 aliphatic heterocycles. The first kappa shape index (κ1) is 17.6. The minimum atomic E-state index is 0.110. The molecule has 29 heavy (non-hydrogen) atoms. The monoisotopic (exact) mass is 376 g/mol. The summed E-state index contributed by atoms with van der Waals surface area (Å²) in [6.45, 7) is 4.31. The van der Waals surface area contributed by atoms with E-state index in [1.807, 2.05) is 0 Å². The van der Waals surface area contributed by atoms with Crippen LogP contribution in [0.3, 0.4) is 0 Å². The maximum atomic E-state index is 3.52. The van der Waals surface area contributed by atoms with E-state index in [0.717, 1.165) is 0 Å². The molecule has 0 amide bonds. The van der Waals surface area contributed by atoms with Gasteiger partial charge < -0.3 is 9.88 Å². The first-order valence-corrected chi connectivity index (χ1v) is 10.1. The summed E-state index contributed by atoms with van der Waals surface area (Å²) in [6.07, 6.45) is 2.32. The van der Waals surface area contributed by atoms with E-state index in [4.69, 9.17) is 0 Å². The van der Waals surface area contributed by atoms with Crippen molar-refractivity contribution in [2.75, 3.05) is 4.90 Å². The third-order valence-electron chi connectivity index (χ3n) is 5.69. The zero-order valence-corrected chi connectivity index (χ0v) is 16.8. The smallest absolute Gasteiger partial charge is 0.0868 e. The van der Waals surface area contributed by atoms with E-state index in [1.165, 1.54) is 45.0 Å². The molecule has 0 saturated heterocycles. The van der Waals surface area contributed by atoms with Gasteiger partial charge in [-0.05, 0) is 54.8 Å². The van der Waals surface area contributed by atoms with Crippen molar-refractivity contribution >= 4 is 17.5 Å². The van der Waals surface area contributed by atoms with E-state index >= 15 is 0 Å². The van der Waals surface area contributed by atoms with Crippen molar-refractivity contribution in [1.29, 1.82) is 0 Å². The molecule has 0 bridgehead atoms. The molecule has 0 radical (unpaired) electrons. The van der Waals surface area contributed by atoms with Crippen molar-refractivity contribution in [1.82, 2.24) is 4.98 Å². The second-order valence-electron chi connectivity index (χ2n) is 7.67. The van der Waals surface area contributed by atoms with Crippen molar-refractivity contribution in [3.8, 4) is 0 Å². The number of nitrogens with zero attached hydrogens (tertiary/aromatic N) is 1. The Bertz CT molecular complexity index is 1170. The fraction of sp³-hybridized carbons (Fsp3) is 0.111. The molecule has 2 nitrogen and oxygen atoms in total. The Morgan fingerprint density at radius 1 is 0.724 bits per heavy atom. The summed E-state index contributed by atoms with van der Waals surface area (Å²) in [6, 6.07) is 32.6. The van der Waals surface area contributed by atoms with Gasteiger partial charge in [-0.15, -0.1) is 0 Å². The van der Waals surface area contributed by atoms with Crippen molar-refractivity contribution in [3.05, 3.63) is 125 Å². The quantitative estimate of drug-likeness (QED) is 0.419. The SMILES string of the molecule is Cc1cc(C2c3ccccc3C=C(c3ccccc3)N2c2ccccc2)c(C)[nH]1. The number of aryl methyl sites for hydroxylation is 2. The van der Waals surface area contributed by atoms with Crippen LogP contribution in [0.5, 0.6) is 0 Å². The normalized spacial score (nSPS) is 15.7. The predicted molar refractivity (Wildman–Crippen MR) is 122 cm³/mol. The summed E-state index contributed by atoms with van der Waals surface area (Å²) in [4.78, 5) is 6.00. The fourth-order valence-electron chi connectivity index (χ4n) is 4.43. The van der Waals surface area contributed by atoms with E-state index in [1.54, 1.807) is 0 Å². The average molecular weight is 377 g/mol. The van der Waals surface area contributed by atoms with Crippen LogP contribution in [-0.2, 0) is 0 Å². The van der Waals surface area contributed by atoms with E-state index in [-0.39, 0.29) is 6.04 Å². The number of rotatable bonds is 3. The largest absolute Gasteiger partial charge is 0.362 e. The van der Waals surface area contributed by atoms with Crippen LogP contribution >= 0.6 is 0 Å². The molecule has 1 aliphatic rings. The Morgan fingerprint density at radius 3 is 2.07 bits per heavy atom. The lowest BCUT2D eigenvalue weighted by molar-refractivity contribution is 0.809. The minimum Gasteiger partial charge on any atom is -0.362 e. The molecule has 142 valence electrons. The molecule has 2 heteroatoms. The summed E-state index contributed by atoms with van der Waals surface area (Å²) < 4.78 is 0. The summed E-state index contributed by atoms with van der Waals surface area (Å²) in [5.41, 5.74) is 9.98. The Morgan fingerprint density at radius 2 is 1.38 bits per heavy atom. The minimum absolute atomic E-state index is 0.110. The molecular formula is C27H24N2. The summed E-state index contributed by atoms with van der Waals surface area (Å²) in [5.74, 6) is 0. The molecule has 2 heterocycles. The van der Waals surface area contributed by atoms with Gasteiger partial charge in [0.25, 0.3) is 0 Å². The van der Waals surface area contributed by atoms with Gasteiger partial charge in [0.05, 0.1) is 6.04 Å². The van der Waals surface area contributed by atoms with Crippen LogP contribution in [0.25, 0.3) is 11.8 Å². The number of aromatic amines is 1. The molecule has 3 aromatic carbocycles. The molecular weight excluding hydrogens is 352 g/mol. The van der Waals surface area contributed by atoms with E-state index in [2.05, 4.69) is 121 Å². The molecule has 0 aliphatic carbocycles. The number of anilines is 1. The number of nitrogens with one attached hydrogen (secondary N) is 1. The maximum absolute atomic E-state index is 3.52. The van der Waals surface area contributed by atoms with Gasteiger partial charge in [0.15, 0.2) is 0 Å². The fourth-order valence-corrected chi connectivity index (χ4v) is 4.43. The lowest BCUT2D eigenvalue weighted by Gasteiger charge is -2.40. The van der Waals surface area contributed by atoms with Crippen LogP contribution in [0, 0.1) is 13.8 Å². The average Bonchev–Trinajstić information content (AvgIpc) is 3.11. The summed E-state index contributed by atoms with van der Waals surface area (Å²) in [5, 5.41) is 0. The van der Waals surface area contributed by atoms with Crippen molar-refractivity contribution in [2.45, 2.75) is 19.9 Å². The van der Waals surface area contributed by atoms with Crippen molar-refractivity contribution < 1.29 is 0 Å². The van der Waals surface area contributed by atoms with Gasteiger partial charge in [-0.2, -0.15) is 0 Å². The van der Waals surface area contributed by atoms with Gasteiger partial charge in [-0.3, -0.25) is 0 Å². The second-order valence-corrected chi connectivity index (χ2v) is 7.67. The molecule has 0 spiro atoms. The molecule has 1 unspecified atom stereocenters. The van der Waals surface area contributed by atoms with Gasteiger partial charge in [0.2, 0.25) is 0 Å². The zero-order valence-electron chi connectivity index (χ0n) is 16.8. The van der Waals surface area contributed by atoms with E-state index in [9.17, 15) is 0 Å². The highest BCUT2D eigenvalue weighted by Gasteiger charge is 2.33. The number of para-hydroxylation sites is 1. The van der Waals surface area contributed by atoms with Crippen LogP contribution in [0.4, 0.5) is 5.69 Å². The van der Waals surface area contributed by atoms with Gasteiger partial charge in [0, 0.05) is 28.3 Å². The molecule has 5 rings (SSSR count). The van der Waals surface area contributed by atoms with Crippen LogP contribution in [0.2, 0.25) is 0 Å². The molecule has 1 aromatic heterocycles. The van der Waals surface area contributed by atoms with Crippen molar-refractivity contribution in [2.24, 2.45) is 0 Å². The highest BCUT2D eigenvalue weighted by atomic mass is 15.2. The molecule has 1 N–H and O–H groups in total. The molecule has 0 fully saturated rings. The van der Waals surface area contributed by atoms with Crippen LogP contribution in [0.15, 0.2) is 91.0 Å². The topological polar surface area (TPSA) is 19.0 Å². The number of hydrogen-bond acceptors (Lipinski definition) is 1. The molecule has 0 saturated carbocycles. The summed E-state index contributed by atoms with van der Waals surface area (Å²) >= 11 is 0. The van der Waals surface area contributed by atoms with Gasteiger partial charge in [-0.25, -0.2) is 0 Å². The lowest BCUT2D eigenvalue weighted by Crippen LogP contribution is -2.31. The summed E-state index contributed by atoms with van der Waals surface area (Å²) in [7, 11) is 0. The van der Waals surface area contributed by atoms with Gasteiger partial charge >= 0.3 is 0 Å². The highest BCUT2D eigenvalue weighted by molar-refractivity contribution is 5.94.